The second kappa shape index (κ2) is 11.7. The summed E-state index contributed by atoms with van der Waals surface area (Å²) < 4.78 is 5.73. The number of ether oxygens (including phenoxy) is 1. The maximum absolute atomic E-state index is 13.1. The van der Waals surface area contributed by atoms with Crippen molar-refractivity contribution in [3.05, 3.63) is 65.2 Å². The molecule has 2 aromatic carbocycles. The number of benzene rings is 2. The summed E-state index contributed by atoms with van der Waals surface area (Å²) in [5.41, 5.74) is 3.19. The molecule has 2 aliphatic rings. The van der Waals surface area contributed by atoms with Gasteiger partial charge in [-0.15, -0.1) is 0 Å². The first-order valence-corrected chi connectivity index (χ1v) is 12.3. The molecule has 0 aliphatic carbocycles. The van der Waals surface area contributed by atoms with E-state index in [1.54, 1.807) is 24.3 Å². The molecule has 8 heteroatoms. The summed E-state index contributed by atoms with van der Waals surface area (Å²) in [4.78, 5) is 28.7. The fraction of sp³-hybridized carbons (Fsp3) is 0.481. The van der Waals surface area contributed by atoms with E-state index in [1.165, 1.54) is 16.0 Å². The van der Waals surface area contributed by atoms with Gasteiger partial charge in [-0.05, 0) is 55.1 Å². The summed E-state index contributed by atoms with van der Waals surface area (Å²) in [6.45, 7) is 2.73. The molecule has 2 amide bonds. The maximum Gasteiger partial charge on any atom is 0.253 e. The molecule has 4 rings (SSSR count). The van der Waals surface area contributed by atoms with E-state index in [9.17, 15) is 19.8 Å². The predicted octanol–water partition coefficient (Wildman–Crippen LogP) is 1.76. The molecule has 0 saturated carbocycles. The van der Waals surface area contributed by atoms with Crippen LogP contribution in [0.4, 0.5) is 0 Å². The first-order chi connectivity index (χ1) is 16.9. The standard InChI is InChI=1S/C27H35N3O5/c1-28-16-19-4-2-5-21(14-19)20-8-11-29(12-9-20)27(34)22-6-3-7-23(15-22)35-13-10-26(33)30-17-24(31)25(32)18-30/h2-7,14-15,20,24-25,28,31-32H,8-13,16-18H2,1H3. The van der Waals surface area contributed by atoms with Crippen molar-refractivity contribution in [3.63, 3.8) is 0 Å². The van der Waals surface area contributed by atoms with Crippen LogP contribution in [0, 0.1) is 0 Å². The third-order valence-corrected chi connectivity index (χ3v) is 6.86. The number of hydrogen-bond acceptors (Lipinski definition) is 6. The largest absolute Gasteiger partial charge is 0.493 e. The number of rotatable bonds is 8. The van der Waals surface area contributed by atoms with Gasteiger partial charge in [0.25, 0.3) is 5.91 Å². The molecule has 2 saturated heterocycles. The average Bonchev–Trinajstić information content (AvgIpc) is 3.22. The third-order valence-electron chi connectivity index (χ3n) is 6.86. The number of β-amino-alcohol motifs (C(OH)–C–C–N with tert-alkyl or cyclic N) is 2. The van der Waals surface area contributed by atoms with Crippen LogP contribution in [0.3, 0.4) is 0 Å². The van der Waals surface area contributed by atoms with Gasteiger partial charge in [0.1, 0.15) is 5.75 Å². The molecule has 2 unspecified atom stereocenters. The lowest BCUT2D eigenvalue weighted by Crippen LogP contribution is -2.37. The number of likely N-dealkylation sites (tertiary alicyclic amines) is 2. The zero-order valence-electron chi connectivity index (χ0n) is 20.2. The molecule has 2 heterocycles. The Labute approximate surface area is 206 Å². The topological polar surface area (TPSA) is 102 Å². The number of hydrogen-bond donors (Lipinski definition) is 3. The second-order valence-corrected chi connectivity index (χ2v) is 9.40. The van der Waals surface area contributed by atoms with Gasteiger partial charge in [-0.1, -0.05) is 30.3 Å². The lowest BCUT2D eigenvalue weighted by Gasteiger charge is -2.32. The Kier molecular flexibility index (Phi) is 8.38. The van der Waals surface area contributed by atoms with E-state index in [1.807, 2.05) is 11.9 Å². The minimum absolute atomic E-state index is 0.00560. The number of carbonyl (C=O) groups is 2. The van der Waals surface area contributed by atoms with Crippen molar-refractivity contribution < 1.29 is 24.5 Å². The lowest BCUT2D eigenvalue weighted by atomic mass is 9.88. The number of aliphatic hydroxyl groups is 2. The Balaban J connectivity index is 1.26. The summed E-state index contributed by atoms with van der Waals surface area (Å²) in [6, 6.07) is 15.8. The van der Waals surface area contributed by atoms with Crippen LogP contribution in [-0.2, 0) is 11.3 Å². The van der Waals surface area contributed by atoms with Crippen LogP contribution < -0.4 is 10.1 Å². The summed E-state index contributed by atoms with van der Waals surface area (Å²) in [7, 11) is 1.95. The van der Waals surface area contributed by atoms with E-state index in [0.29, 0.717) is 30.3 Å². The number of aliphatic hydroxyl groups excluding tert-OH is 2. The number of piperidine rings is 1. The molecule has 8 nitrogen and oxygen atoms in total. The number of nitrogens with zero attached hydrogens (tertiary/aromatic N) is 2. The van der Waals surface area contributed by atoms with Crippen LogP contribution >= 0.6 is 0 Å². The molecule has 0 spiro atoms. The second-order valence-electron chi connectivity index (χ2n) is 9.40. The number of amides is 2. The minimum Gasteiger partial charge on any atom is -0.493 e. The van der Waals surface area contributed by atoms with Crippen molar-refractivity contribution in [2.75, 3.05) is 39.8 Å². The molecule has 0 radical (unpaired) electrons. The molecular formula is C27H35N3O5. The number of nitrogens with one attached hydrogen (secondary N) is 1. The Morgan fingerprint density at radius 2 is 1.71 bits per heavy atom. The molecule has 2 aromatic rings. The highest BCUT2D eigenvalue weighted by Crippen LogP contribution is 2.29. The van der Waals surface area contributed by atoms with E-state index in [-0.39, 0.29) is 37.9 Å². The molecule has 2 fully saturated rings. The van der Waals surface area contributed by atoms with Gasteiger partial charge >= 0.3 is 0 Å². The molecule has 0 aromatic heterocycles. The lowest BCUT2D eigenvalue weighted by molar-refractivity contribution is -0.131. The first kappa shape index (κ1) is 25.2. The fourth-order valence-electron chi connectivity index (χ4n) is 4.87. The highest BCUT2D eigenvalue weighted by atomic mass is 16.5. The van der Waals surface area contributed by atoms with E-state index in [0.717, 1.165) is 19.4 Å². The molecule has 35 heavy (non-hydrogen) atoms. The van der Waals surface area contributed by atoms with Crippen molar-refractivity contribution in [2.24, 2.45) is 0 Å². The van der Waals surface area contributed by atoms with Crippen LogP contribution in [0.15, 0.2) is 48.5 Å². The van der Waals surface area contributed by atoms with Crippen LogP contribution in [-0.4, -0.2) is 83.9 Å². The van der Waals surface area contributed by atoms with E-state index >= 15 is 0 Å². The first-order valence-electron chi connectivity index (χ1n) is 12.3. The van der Waals surface area contributed by atoms with Crippen molar-refractivity contribution in [3.8, 4) is 5.75 Å². The summed E-state index contributed by atoms with van der Waals surface area (Å²) in [5.74, 6) is 0.823. The van der Waals surface area contributed by atoms with E-state index in [4.69, 9.17) is 4.74 Å². The Morgan fingerprint density at radius 3 is 2.43 bits per heavy atom. The smallest absolute Gasteiger partial charge is 0.253 e. The normalized spacial score (nSPS) is 20.8. The van der Waals surface area contributed by atoms with Gasteiger partial charge in [-0.2, -0.15) is 0 Å². The minimum atomic E-state index is -0.892. The van der Waals surface area contributed by atoms with Crippen molar-refractivity contribution >= 4 is 11.8 Å². The van der Waals surface area contributed by atoms with Crippen molar-refractivity contribution in [1.29, 1.82) is 0 Å². The van der Waals surface area contributed by atoms with Gasteiger partial charge < -0.3 is 30.1 Å². The fourth-order valence-corrected chi connectivity index (χ4v) is 4.87. The van der Waals surface area contributed by atoms with Crippen molar-refractivity contribution in [1.82, 2.24) is 15.1 Å². The summed E-state index contributed by atoms with van der Waals surface area (Å²) in [5, 5.41) is 22.4. The Bertz CT molecular complexity index is 1010. The molecule has 2 atom stereocenters. The zero-order chi connectivity index (χ0) is 24.8. The SMILES string of the molecule is CNCc1cccc(C2CCN(C(=O)c3cccc(OCCC(=O)N4CC(O)C(O)C4)c3)CC2)c1. The van der Waals surface area contributed by atoms with Gasteiger partial charge in [0.15, 0.2) is 0 Å². The van der Waals surface area contributed by atoms with Crippen LogP contribution in [0.5, 0.6) is 5.75 Å². The summed E-state index contributed by atoms with van der Waals surface area (Å²) >= 11 is 0. The average molecular weight is 482 g/mol. The quantitative estimate of drug-likeness (QED) is 0.531. The van der Waals surface area contributed by atoms with Gasteiger partial charge in [0.05, 0.1) is 25.2 Å². The molecule has 188 valence electrons. The van der Waals surface area contributed by atoms with Crippen LogP contribution in [0.25, 0.3) is 0 Å². The van der Waals surface area contributed by atoms with E-state index < -0.39 is 12.2 Å². The molecule has 3 N–H and O–H groups in total. The number of carbonyl (C=O) groups excluding carboxylic acids is 2. The van der Waals surface area contributed by atoms with Crippen molar-refractivity contribution in [2.45, 2.75) is 43.9 Å². The van der Waals surface area contributed by atoms with Crippen LogP contribution in [0.2, 0.25) is 0 Å². The Hall–Kier alpha value is -2.94. The maximum atomic E-state index is 13.1. The van der Waals surface area contributed by atoms with Gasteiger partial charge in [0, 0.05) is 38.3 Å². The zero-order valence-corrected chi connectivity index (χ0v) is 20.2. The summed E-state index contributed by atoms with van der Waals surface area (Å²) in [6.07, 6.45) is 0.230. The highest BCUT2D eigenvalue weighted by Gasteiger charge is 2.32. The van der Waals surface area contributed by atoms with Gasteiger partial charge in [-0.3, -0.25) is 9.59 Å². The molecule has 0 bridgehead atoms. The molecule has 2 aliphatic heterocycles. The third kappa shape index (κ3) is 6.39. The Morgan fingerprint density at radius 1 is 1.00 bits per heavy atom. The van der Waals surface area contributed by atoms with Crippen LogP contribution in [0.1, 0.15) is 46.7 Å². The molecular weight excluding hydrogens is 446 g/mol. The van der Waals surface area contributed by atoms with Gasteiger partial charge in [0.2, 0.25) is 5.91 Å². The van der Waals surface area contributed by atoms with E-state index in [2.05, 4.69) is 29.6 Å². The van der Waals surface area contributed by atoms with Gasteiger partial charge in [-0.25, -0.2) is 0 Å². The monoisotopic (exact) mass is 481 g/mol. The predicted molar refractivity (Wildman–Crippen MR) is 132 cm³/mol. The highest BCUT2D eigenvalue weighted by molar-refractivity contribution is 5.94.